The molecule has 0 aromatic heterocycles. The maximum absolute atomic E-state index is 11.8. The van der Waals surface area contributed by atoms with Crippen LogP contribution in [0.4, 0.5) is 5.69 Å². The zero-order valence-corrected chi connectivity index (χ0v) is 10.7. The predicted molar refractivity (Wildman–Crippen MR) is 68.4 cm³/mol. The van der Waals surface area contributed by atoms with Gasteiger partial charge in [0.1, 0.15) is 0 Å². The van der Waals surface area contributed by atoms with E-state index in [9.17, 15) is 4.79 Å². The number of rotatable bonds is 3. The highest BCUT2D eigenvalue weighted by Gasteiger charge is 2.16. The standard InChI is InChI=1S/C12H15BrN2O/c13-10-4-3-5-11(8-10)14-9-12(16)15-6-1-2-7-15/h3-5,8,14H,1-2,6-7,9H2. The van der Waals surface area contributed by atoms with Crippen LogP contribution in [0, 0.1) is 0 Å². The number of carbonyl (C=O) groups is 1. The van der Waals surface area contributed by atoms with Gasteiger partial charge in [-0.1, -0.05) is 22.0 Å². The fraction of sp³-hybridized carbons (Fsp3) is 0.417. The van der Waals surface area contributed by atoms with Gasteiger partial charge >= 0.3 is 0 Å². The van der Waals surface area contributed by atoms with Gasteiger partial charge in [-0.25, -0.2) is 0 Å². The Balaban J connectivity index is 1.84. The van der Waals surface area contributed by atoms with Crippen molar-refractivity contribution in [1.82, 2.24) is 4.90 Å². The molecule has 16 heavy (non-hydrogen) atoms. The molecular formula is C12H15BrN2O. The Kier molecular flexibility index (Phi) is 3.83. The summed E-state index contributed by atoms with van der Waals surface area (Å²) in [6.45, 7) is 2.22. The first kappa shape index (κ1) is 11.5. The summed E-state index contributed by atoms with van der Waals surface area (Å²) in [6.07, 6.45) is 2.28. The number of hydrogen-bond acceptors (Lipinski definition) is 2. The van der Waals surface area contributed by atoms with E-state index in [-0.39, 0.29) is 5.91 Å². The molecule has 1 aromatic carbocycles. The lowest BCUT2D eigenvalue weighted by Crippen LogP contribution is -2.32. The summed E-state index contributed by atoms with van der Waals surface area (Å²) in [5, 5.41) is 3.14. The van der Waals surface area contributed by atoms with Crippen LogP contribution in [0.3, 0.4) is 0 Å². The molecule has 3 nitrogen and oxygen atoms in total. The molecule has 1 aromatic rings. The minimum Gasteiger partial charge on any atom is -0.376 e. The van der Waals surface area contributed by atoms with Gasteiger partial charge in [0.15, 0.2) is 0 Å². The Labute approximate surface area is 104 Å². The van der Waals surface area contributed by atoms with Gasteiger partial charge in [0.05, 0.1) is 6.54 Å². The van der Waals surface area contributed by atoms with Crippen molar-refractivity contribution in [3.63, 3.8) is 0 Å². The van der Waals surface area contributed by atoms with E-state index in [0.29, 0.717) is 6.54 Å². The summed E-state index contributed by atoms with van der Waals surface area (Å²) in [5.41, 5.74) is 0.974. The zero-order chi connectivity index (χ0) is 11.4. The molecule has 4 heteroatoms. The van der Waals surface area contributed by atoms with E-state index in [4.69, 9.17) is 0 Å². The molecule has 0 spiro atoms. The van der Waals surface area contributed by atoms with Crippen molar-refractivity contribution < 1.29 is 4.79 Å². The fourth-order valence-corrected chi connectivity index (χ4v) is 2.25. The van der Waals surface area contributed by atoms with Gasteiger partial charge in [-0.2, -0.15) is 0 Å². The van der Waals surface area contributed by atoms with Crippen LogP contribution >= 0.6 is 15.9 Å². The number of hydrogen-bond donors (Lipinski definition) is 1. The molecule has 0 bridgehead atoms. The minimum atomic E-state index is 0.192. The molecule has 0 unspecified atom stereocenters. The van der Waals surface area contributed by atoms with Crippen LogP contribution in [0.25, 0.3) is 0 Å². The van der Waals surface area contributed by atoms with Crippen LogP contribution in [0.1, 0.15) is 12.8 Å². The average Bonchev–Trinajstić information content (AvgIpc) is 2.79. The molecule has 1 N–H and O–H groups in total. The lowest BCUT2D eigenvalue weighted by molar-refractivity contribution is -0.128. The molecular weight excluding hydrogens is 268 g/mol. The quantitative estimate of drug-likeness (QED) is 0.924. The van der Waals surface area contributed by atoms with Gasteiger partial charge in [0.25, 0.3) is 0 Å². The third-order valence-corrected chi connectivity index (χ3v) is 3.22. The number of carbonyl (C=O) groups excluding carboxylic acids is 1. The van der Waals surface area contributed by atoms with Crippen molar-refractivity contribution in [3.8, 4) is 0 Å². The van der Waals surface area contributed by atoms with Crippen molar-refractivity contribution >= 4 is 27.5 Å². The number of nitrogens with zero attached hydrogens (tertiary/aromatic N) is 1. The largest absolute Gasteiger partial charge is 0.376 e. The highest BCUT2D eigenvalue weighted by molar-refractivity contribution is 9.10. The lowest BCUT2D eigenvalue weighted by Gasteiger charge is -2.15. The van der Waals surface area contributed by atoms with E-state index in [1.54, 1.807) is 0 Å². The van der Waals surface area contributed by atoms with Gasteiger partial charge < -0.3 is 10.2 Å². The van der Waals surface area contributed by atoms with E-state index < -0.39 is 0 Å². The van der Waals surface area contributed by atoms with Crippen LogP contribution in [0.15, 0.2) is 28.7 Å². The zero-order valence-electron chi connectivity index (χ0n) is 9.08. The third kappa shape index (κ3) is 2.98. The second-order valence-electron chi connectivity index (χ2n) is 3.95. The summed E-state index contributed by atoms with van der Waals surface area (Å²) >= 11 is 3.40. The van der Waals surface area contributed by atoms with Gasteiger partial charge in [-0.05, 0) is 31.0 Å². The molecule has 1 saturated heterocycles. The van der Waals surface area contributed by atoms with Crippen molar-refractivity contribution in [3.05, 3.63) is 28.7 Å². The number of amides is 1. The molecule has 1 aliphatic rings. The first-order valence-electron chi connectivity index (χ1n) is 5.53. The number of anilines is 1. The molecule has 0 radical (unpaired) electrons. The highest BCUT2D eigenvalue weighted by atomic mass is 79.9. The van der Waals surface area contributed by atoms with Crippen molar-refractivity contribution in [2.24, 2.45) is 0 Å². The Morgan fingerprint density at radius 2 is 2.12 bits per heavy atom. The minimum absolute atomic E-state index is 0.192. The number of benzene rings is 1. The molecule has 2 rings (SSSR count). The maximum atomic E-state index is 11.8. The third-order valence-electron chi connectivity index (χ3n) is 2.73. The summed E-state index contributed by atoms with van der Waals surface area (Å²) < 4.78 is 1.02. The average molecular weight is 283 g/mol. The van der Waals surface area contributed by atoms with Gasteiger partial charge in [0, 0.05) is 23.2 Å². The van der Waals surface area contributed by atoms with Crippen molar-refractivity contribution in [1.29, 1.82) is 0 Å². The Morgan fingerprint density at radius 1 is 1.38 bits per heavy atom. The Bertz CT molecular complexity index is 375. The monoisotopic (exact) mass is 282 g/mol. The van der Waals surface area contributed by atoms with E-state index in [0.717, 1.165) is 36.1 Å². The second kappa shape index (κ2) is 5.34. The van der Waals surface area contributed by atoms with Crippen LogP contribution in [-0.4, -0.2) is 30.4 Å². The predicted octanol–water partition coefficient (Wildman–Crippen LogP) is 2.48. The van der Waals surface area contributed by atoms with E-state index in [1.807, 2.05) is 29.2 Å². The van der Waals surface area contributed by atoms with Crippen molar-refractivity contribution in [2.45, 2.75) is 12.8 Å². The van der Waals surface area contributed by atoms with Crippen LogP contribution in [0.5, 0.6) is 0 Å². The Morgan fingerprint density at radius 3 is 2.81 bits per heavy atom. The van der Waals surface area contributed by atoms with Crippen LogP contribution in [0.2, 0.25) is 0 Å². The molecule has 1 amide bonds. The number of nitrogens with one attached hydrogen (secondary N) is 1. The normalized spacial score (nSPS) is 15.2. The summed E-state index contributed by atoms with van der Waals surface area (Å²) in [6, 6.07) is 7.85. The topological polar surface area (TPSA) is 32.3 Å². The second-order valence-corrected chi connectivity index (χ2v) is 4.87. The highest BCUT2D eigenvalue weighted by Crippen LogP contribution is 2.15. The number of likely N-dealkylation sites (tertiary alicyclic amines) is 1. The molecule has 1 aliphatic heterocycles. The van der Waals surface area contributed by atoms with E-state index in [1.165, 1.54) is 0 Å². The summed E-state index contributed by atoms with van der Waals surface area (Å²) in [7, 11) is 0. The molecule has 0 atom stereocenters. The first-order valence-corrected chi connectivity index (χ1v) is 6.32. The van der Waals surface area contributed by atoms with E-state index in [2.05, 4.69) is 21.2 Å². The maximum Gasteiger partial charge on any atom is 0.241 e. The molecule has 0 aliphatic carbocycles. The Hall–Kier alpha value is -1.03. The summed E-state index contributed by atoms with van der Waals surface area (Å²) in [5.74, 6) is 0.192. The molecule has 0 saturated carbocycles. The fourth-order valence-electron chi connectivity index (χ4n) is 1.85. The van der Waals surface area contributed by atoms with Crippen LogP contribution < -0.4 is 5.32 Å². The van der Waals surface area contributed by atoms with Crippen LogP contribution in [-0.2, 0) is 4.79 Å². The molecule has 86 valence electrons. The lowest BCUT2D eigenvalue weighted by atomic mass is 10.3. The molecule has 1 heterocycles. The first-order chi connectivity index (χ1) is 7.75. The smallest absolute Gasteiger partial charge is 0.241 e. The van der Waals surface area contributed by atoms with Gasteiger partial charge in [-0.3, -0.25) is 4.79 Å². The van der Waals surface area contributed by atoms with E-state index >= 15 is 0 Å². The van der Waals surface area contributed by atoms with Gasteiger partial charge in [0.2, 0.25) is 5.91 Å². The number of halogens is 1. The SMILES string of the molecule is O=C(CNc1cccc(Br)c1)N1CCCC1. The summed E-state index contributed by atoms with van der Waals surface area (Å²) in [4.78, 5) is 13.7. The van der Waals surface area contributed by atoms with Gasteiger partial charge in [-0.15, -0.1) is 0 Å². The molecule has 1 fully saturated rings. The van der Waals surface area contributed by atoms with Crippen molar-refractivity contribution in [2.75, 3.05) is 25.0 Å².